The van der Waals surface area contributed by atoms with Crippen molar-refractivity contribution in [3.05, 3.63) is 66.2 Å². The van der Waals surface area contributed by atoms with Gasteiger partial charge in [-0.1, -0.05) is 31.3 Å². The zero-order chi connectivity index (χ0) is 22.7. The number of ether oxygens (including phenoxy) is 1. The van der Waals surface area contributed by atoms with E-state index in [1.807, 2.05) is 4.90 Å². The van der Waals surface area contributed by atoms with Gasteiger partial charge >= 0.3 is 0 Å². The van der Waals surface area contributed by atoms with E-state index in [1.165, 1.54) is 13.2 Å². The molecule has 1 amide bonds. The number of methoxy groups -OCH3 is 1. The highest BCUT2D eigenvalue weighted by Crippen LogP contribution is 2.39. The van der Waals surface area contributed by atoms with Crippen LogP contribution >= 0.6 is 11.6 Å². The van der Waals surface area contributed by atoms with Gasteiger partial charge in [0.25, 0.3) is 0 Å². The maximum absolute atomic E-state index is 14.1. The second-order valence-electron chi connectivity index (χ2n) is 6.80. The van der Waals surface area contributed by atoms with E-state index in [4.69, 9.17) is 16.3 Å². The second-order valence-corrected chi connectivity index (χ2v) is 7.20. The SMILES string of the molecule is C=CC(=O)N1CCN(c2nnc(OC)c3cc(/C(C(=C)F)=C(\O)C=C)c(Cl)cc23)CC1. The lowest BCUT2D eigenvalue weighted by Gasteiger charge is -2.35. The lowest BCUT2D eigenvalue weighted by Crippen LogP contribution is -2.48. The molecule has 1 fully saturated rings. The number of aromatic nitrogens is 2. The summed E-state index contributed by atoms with van der Waals surface area (Å²) in [7, 11) is 1.45. The average molecular weight is 445 g/mol. The third-order valence-corrected chi connectivity index (χ3v) is 5.38. The molecule has 0 spiro atoms. The Morgan fingerprint density at radius 1 is 1.19 bits per heavy atom. The van der Waals surface area contributed by atoms with E-state index in [9.17, 15) is 14.3 Å². The molecule has 1 saturated heterocycles. The first-order valence-electron chi connectivity index (χ1n) is 9.43. The van der Waals surface area contributed by atoms with Crippen LogP contribution in [0.25, 0.3) is 16.3 Å². The number of carbonyl (C=O) groups excluding carboxylic acids is 1. The van der Waals surface area contributed by atoms with Gasteiger partial charge in [0.15, 0.2) is 5.82 Å². The molecule has 0 radical (unpaired) electrons. The fraction of sp³-hybridized carbons (Fsp3) is 0.227. The molecule has 7 nitrogen and oxygen atoms in total. The summed E-state index contributed by atoms with van der Waals surface area (Å²) in [6, 6.07) is 3.20. The number of rotatable bonds is 6. The van der Waals surface area contributed by atoms with Crippen LogP contribution in [0.1, 0.15) is 5.56 Å². The number of halogens is 2. The van der Waals surface area contributed by atoms with E-state index in [0.717, 1.165) is 6.08 Å². The van der Waals surface area contributed by atoms with E-state index in [-0.39, 0.29) is 27.9 Å². The van der Waals surface area contributed by atoms with Crippen molar-refractivity contribution >= 4 is 39.7 Å². The Balaban J connectivity index is 2.12. The maximum atomic E-state index is 14.1. The summed E-state index contributed by atoms with van der Waals surface area (Å²) in [5, 5.41) is 19.9. The minimum Gasteiger partial charge on any atom is -0.507 e. The number of benzene rings is 1. The van der Waals surface area contributed by atoms with Crippen LogP contribution in [-0.4, -0.2) is 59.4 Å². The summed E-state index contributed by atoms with van der Waals surface area (Å²) in [6.45, 7) is 12.4. The lowest BCUT2D eigenvalue weighted by molar-refractivity contribution is -0.126. The van der Waals surface area contributed by atoms with E-state index in [1.54, 1.807) is 17.0 Å². The summed E-state index contributed by atoms with van der Waals surface area (Å²) >= 11 is 6.47. The number of piperazine rings is 1. The van der Waals surface area contributed by atoms with Crippen molar-refractivity contribution in [2.75, 3.05) is 38.2 Å². The molecule has 1 aliphatic heterocycles. The average Bonchev–Trinajstić information content (AvgIpc) is 2.78. The van der Waals surface area contributed by atoms with Gasteiger partial charge in [-0.2, -0.15) is 0 Å². The number of allylic oxidation sites excluding steroid dienone is 3. The number of anilines is 1. The van der Waals surface area contributed by atoms with Crippen molar-refractivity contribution in [2.24, 2.45) is 0 Å². The number of amides is 1. The number of hydrogen-bond donors (Lipinski definition) is 1. The molecule has 0 unspecified atom stereocenters. The molecule has 0 aliphatic carbocycles. The van der Waals surface area contributed by atoms with Crippen LogP contribution in [0.4, 0.5) is 10.2 Å². The van der Waals surface area contributed by atoms with E-state index in [2.05, 4.69) is 29.9 Å². The van der Waals surface area contributed by atoms with Crippen LogP contribution in [0.5, 0.6) is 5.88 Å². The van der Waals surface area contributed by atoms with E-state index >= 15 is 0 Å². The molecule has 3 rings (SSSR count). The summed E-state index contributed by atoms with van der Waals surface area (Å²) in [6.07, 6.45) is 2.40. The van der Waals surface area contributed by atoms with E-state index in [0.29, 0.717) is 42.8 Å². The number of nitrogens with zero attached hydrogens (tertiary/aromatic N) is 4. The van der Waals surface area contributed by atoms with Gasteiger partial charge in [-0.25, -0.2) is 4.39 Å². The van der Waals surface area contributed by atoms with Crippen molar-refractivity contribution < 1.29 is 19.0 Å². The molecular formula is C22H22ClFN4O3. The Morgan fingerprint density at radius 2 is 1.87 bits per heavy atom. The van der Waals surface area contributed by atoms with Crippen molar-refractivity contribution in [1.29, 1.82) is 0 Å². The summed E-state index contributed by atoms with van der Waals surface area (Å²) < 4.78 is 19.5. The molecule has 0 bridgehead atoms. The van der Waals surface area contributed by atoms with Crippen molar-refractivity contribution in [1.82, 2.24) is 15.1 Å². The van der Waals surface area contributed by atoms with Crippen molar-refractivity contribution in [3.63, 3.8) is 0 Å². The van der Waals surface area contributed by atoms with Gasteiger partial charge in [-0.05, 0) is 24.3 Å². The zero-order valence-electron chi connectivity index (χ0n) is 17.1. The fourth-order valence-corrected chi connectivity index (χ4v) is 3.76. The quantitative estimate of drug-likeness (QED) is 0.411. The van der Waals surface area contributed by atoms with Gasteiger partial charge < -0.3 is 19.6 Å². The molecule has 31 heavy (non-hydrogen) atoms. The Morgan fingerprint density at radius 3 is 2.42 bits per heavy atom. The predicted molar refractivity (Wildman–Crippen MR) is 120 cm³/mol. The van der Waals surface area contributed by atoms with Gasteiger partial charge in [0, 0.05) is 42.2 Å². The largest absolute Gasteiger partial charge is 0.507 e. The fourth-order valence-electron chi connectivity index (χ4n) is 3.50. The smallest absolute Gasteiger partial charge is 0.246 e. The number of aliphatic hydroxyl groups is 1. The normalized spacial score (nSPS) is 14.8. The van der Waals surface area contributed by atoms with Crippen LogP contribution in [0, 0.1) is 0 Å². The van der Waals surface area contributed by atoms with Gasteiger partial charge in [0.1, 0.15) is 11.6 Å². The third-order valence-electron chi connectivity index (χ3n) is 5.06. The van der Waals surface area contributed by atoms with Crippen LogP contribution in [0.2, 0.25) is 5.02 Å². The van der Waals surface area contributed by atoms with Crippen LogP contribution in [0.15, 0.2) is 55.6 Å². The number of carbonyl (C=O) groups is 1. The molecule has 9 heteroatoms. The van der Waals surface area contributed by atoms with Gasteiger partial charge in [-0.15, -0.1) is 10.2 Å². The van der Waals surface area contributed by atoms with E-state index < -0.39 is 11.6 Å². The zero-order valence-corrected chi connectivity index (χ0v) is 17.8. The highest BCUT2D eigenvalue weighted by atomic mass is 35.5. The molecule has 1 N–H and O–H groups in total. The standard InChI is InChI=1S/C22H22ClFN4O3/c1-5-18(29)20(13(3)24)16-11-15-14(12-17(16)23)21(25-26-22(15)31-4)28-9-7-27(8-10-28)19(30)6-2/h5-6,11-12,29H,1-3,7-10H2,4H3/b20-18-. The molecule has 162 valence electrons. The first-order chi connectivity index (χ1) is 14.8. The number of hydrogen-bond acceptors (Lipinski definition) is 6. The molecule has 1 aromatic carbocycles. The second kappa shape index (κ2) is 9.18. The Bertz CT molecular complexity index is 1110. The summed E-state index contributed by atoms with van der Waals surface area (Å²) in [5.74, 6) is -0.585. The van der Waals surface area contributed by atoms with Gasteiger partial charge in [0.05, 0.1) is 18.1 Å². The Kier molecular flexibility index (Phi) is 6.60. The lowest BCUT2D eigenvalue weighted by atomic mass is 9.99. The van der Waals surface area contributed by atoms with Gasteiger partial charge in [-0.3, -0.25) is 4.79 Å². The monoisotopic (exact) mass is 444 g/mol. The van der Waals surface area contributed by atoms with Crippen LogP contribution in [-0.2, 0) is 4.79 Å². The third kappa shape index (κ3) is 4.25. The number of fused-ring (bicyclic) bond motifs is 1. The molecular weight excluding hydrogens is 423 g/mol. The maximum Gasteiger partial charge on any atom is 0.246 e. The first-order valence-corrected chi connectivity index (χ1v) is 9.81. The highest BCUT2D eigenvalue weighted by molar-refractivity contribution is 6.33. The minimum atomic E-state index is -0.858. The molecule has 0 saturated carbocycles. The molecule has 1 aliphatic rings. The molecule has 1 aromatic heterocycles. The summed E-state index contributed by atoms with van der Waals surface area (Å²) in [4.78, 5) is 15.5. The van der Waals surface area contributed by atoms with Crippen LogP contribution < -0.4 is 9.64 Å². The van der Waals surface area contributed by atoms with Crippen molar-refractivity contribution in [3.8, 4) is 5.88 Å². The topological polar surface area (TPSA) is 78.8 Å². The highest BCUT2D eigenvalue weighted by Gasteiger charge is 2.25. The molecule has 2 aromatic rings. The first kappa shape index (κ1) is 22.3. The molecule has 2 heterocycles. The van der Waals surface area contributed by atoms with Crippen LogP contribution in [0.3, 0.4) is 0 Å². The Hall–Kier alpha value is -3.39. The minimum absolute atomic E-state index is 0.120. The Labute approximate surface area is 184 Å². The summed E-state index contributed by atoms with van der Waals surface area (Å²) in [5.41, 5.74) is 0.0524. The number of aliphatic hydroxyl groups excluding tert-OH is 1. The molecule has 0 atom stereocenters. The predicted octanol–water partition coefficient (Wildman–Crippen LogP) is 4.06. The van der Waals surface area contributed by atoms with Crippen molar-refractivity contribution in [2.45, 2.75) is 0 Å². The van der Waals surface area contributed by atoms with Gasteiger partial charge in [0.2, 0.25) is 11.8 Å².